The molecule has 1 N–H and O–H groups in total. The van der Waals surface area contributed by atoms with Gasteiger partial charge < -0.3 is 15.1 Å². The van der Waals surface area contributed by atoms with E-state index < -0.39 is 0 Å². The van der Waals surface area contributed by atoms with E-state index in [1.165, 1.54) is 0 Å². The van der Waals surface area contributed by atoms with Crippen LogP contribution in [0.25, 0.3) is 0 Å². The summed E-state index contributed by atoms with van der Waals surface area (Å²) in [5, 5.41) is 6.35. The Bertz CT molecular complexity index is 647. The van der Waals surface area contributed by atoms with Gasteiger partial charge in [-0.3, -0.25) is 9.59 Å². The molecule has 1 heterocycles. The lowest BCUT2D eigenvalue weighted by atomic mass is 9.97. The molecule has 25 heavy (non-hydrogen) atoms. The van der Waals surface area contributed by atoms with Crippen LogP contribution in [-0.2, 0) is 14.4 Å². The van der Waals surface area contributed by atoms with Crippen molar-refractivity contribution in [3.63, 3.8) is 0 Å². The Balaban J connectivity index is 1.80. The number of oxime groups is 1. The number of likely N-dealkylation sites (tertiary alicyclic amines) is 1. The number of nitrogens with one attached hydrogen (secondary N) is 1. The molecule has 1 aromatic rings. The highest BCUT2D eigenvalue weighted by molar-refractivity contribution is 6.31. The molecule has 0 saturated carbocycles. The summed E-state index contributed by atoms with van der Waals surface area (Å²) in [4.78, 5) is 31.0. The fourth-order valence-electron chi connectivity index (χ4n) is 3.28. The summed E-state index contributed by atoms with van der Waals surface area (Å²) in [5.41, 5.74) is 2.84. The van der Waals surface area contributed by atoms with Gasteiger partial charge in [-0.2, -0.15) is 0 Å². The van der Waals surface area contributed by atoms with Gasteiger partial charge in [0.05, 0.1) is 0 Å². The van der Waals surface area contributed by atoms with Gasteiger partial charge >= 0.3 is 0 Å². The van der Waals surface area contributed by atoms with Crippen molar-refractivity contribution in [1.82, 2.24) is 4.90 Å². The molecule has 0 spiro atoms. The van der Waals surface area contributed by atoms with Gasteiger partial charge in [0.15, 0.2) is 6.61 Å². The zero-order chi connectivity index (χ0) is 18.4. The van der Waals surface area contributed by atoms with Crippen LogP contribution < -0.4 is 5.32 Å². The molecular formula is C19H27N3O3. The number of amides is 2. The molecule has 1 aromatic carbocycles. The topological polar surface area (TPSA) is 71.0 Å². The van der Waals surface area contributed by atoms with Gasteiger partial charge in [-0.15, -0.1) is 0 Å². The largest absolute Gasteiger partial charge is 0.386 e. The normalized spacial score (nSPS) is 20.6. The molecule has 2 amide bonds. The fraction of sp³-hybridized carbons (Fsp3) is 0.526. The number of piperidine rings is 1. The fourth-order valence-corrected chi connectivity index (χ4v) is 3.28. The second kappa shape index (κ2) is 8.65. The number of hydrogen-bond donors (Lipinski definition) is 1. The number of carbonyl (C=O) groups is 2. The van der Waals surface area contributed by atoms with Crippen LogP contribution >= 0.6 is 0 Å². The number of rotatable bonds is 5. The Morgan fingerprint density at radius 1 is 1.28 bits per heavy atom. The average molecular weight is 345 g/mol. The monoisotopic (exact) mass is 345 g/mol. The highest BCUT2D eigenvalue weighted by atomic mass is 16.6. The standard InChI is InChI=1S/C19H27N3O3/c1-13-8-9-17(14(2)10-13)21-18(23)11-20-25-12-19(24)22-15(3)6-5-7-16(22)4/h8-11,15-16H,5-7,12H2,1-4H3,(H,21,23)/b20-11-/t15-,16+. The van der Waals surface area contributed by atoms with Gasteiger partial charge in [0.1, 0.15) is 6.21 Å². The van der Waals surface area contributed by atoms with Crippen LogP contribution in [-0.4, -0.2) is 41.6 Å². The molecular weight excluding hydrogens is 318 g/mol. The maximum Gasteiger partial charge on any atom is 0.270 e. The predicted molar refractivity (Wildman–Crippen MR) is 98.6 cm³/mol. The minimum Gasteiger partial charge on any atom is -0.386 e. The maximum atomic E-state index is 12.3. The molecule has 6 heteroatoms. The van der Waals surface area contributed by atoms with Gasteiger partial charge in [-0.05, 0) is 58.6 Å². The third kappa shape index (κ3) is 5.31. The summed E-state index contributed by atoms with van der Waals surface area (Å²) in [6.07, 6.45) is 4.22. The minimum absolute atomic E-state index is 0.0911. The maximum absolute atomic E-state index is 12.3. The Morgan fingerprint density at radius 3 is 2.60 bits per heavy atom. The van der Waals surface area contributed by atoms with E-state index >= 15 is 0 Å². The summed E-state index contributed by atoms with van der Waals surface area (Å²) in [6, 6.07) is 6.20. The van der Waals surface area contributed by atoms with Crippen LogP contribution in [0, 0.1) is 13.8 Å². The number of anilines is 1. The number of hydrogen-bond acceptors (Lipinski definition) is 4. The molecule has 0 radical (unpaired) electrons. The van der Waals surface area contributed by atoms with Crippen LogP contribution in [0.3, 0.4) is 0 Å². The van der Waals surface area contributed by atoms with Gasteiger partial charge in [0.2, 0.25) is 0 Å². The van der Waals surface area contributed by atoms with E-state index in [2.05, 4.69) is 10.5 Å². The second-order valence-electron chi connectivity index (χ2n) is 6.75. The van der Waals surface area contributed by atoms with Crippen LogP contribution in [0.5, 0.6) is 0 Å². The number of nitrogens with zero attached hydrogens (tertiary/aromatic N) is 2. The zero-order valence-corrected chi connectivity index (χ0v) is 15.4. The predicted octanol–water partition coefficient (Wildman–Crippen LogP) is 3.03. The van der Waals surface area contributed by atoms with Crippen LogP contribution in [0.2, 0.25) is 0 Å². The van der Waals surface area contributed by atoms with E-state index in [-0.39, 0.29) is 30.5 Å². The molecule has 0 aliphatic carbocycles. The third-order valence-corrected chi connectivity index (χ3v) is 4.55. The Morgan fingerprint density at radius 2 is 1.96 bits per heavy atom. The first-order valence-electron chi connectivity index (χ1n) is 8.73. The van der Waals surface area contributed by atoms with E-state index in [1.807, 2.05) is 50.8 Å². The Kier molecular flexibility index (Phi) is 6.56. The quantitative estimate of drug-likeness (QED) is 0.659. The van der Waals surface area contributed by atoms with Crippen LogP contribution in [0.4, 0.5) is 5.69 Å². The van der Waals surface area contributed by atoms with Crippen molar-refractivity contribution >= 4 is 23.7 Å². The lowest BCUT2D eigenvalue weighted by molar-refractivity contribution is -0.142. The van der Waals surface area contributed by atoms with Crippen molar-refractivity contribution in [2.45, 2.75) is 59.0 Å². The molecule has 6 nitrogen and oxygen atoms in total. The molecule has 0 unspecified atom stereocenters. The van der Waals surface area contributed by atoms with Crippen LogP contribution in [0.15, 0.2) is 23.4 Å². The highest BCUT2D eigenvalue weighted by Gasteiger charge is 2.28. The molecule has 1 fully saturated rings. The van der Waals surface area contributed by atoms with Gasteiger partial charge in [0.25, 0.3) is 11.8 Å². The van der Waals surface area contributed by atoms with Crippen LogP contribution in [0.1, 0.15) is 44.2 Å². The van der Waals surface area contributed by atoms with E-state index in [0.29, 0.717) is 0 Å². The smallest absolute Gasteiger partial charge is 0.270 e. The van der Waals surface area contributed by atoms with Crippen molar-refractivity contribution in [1.29, 1.82) is 0 Å². The summed E-state index contributed by atoms with van der Waals surface area (Å²) in [5.74, 6) is -0.481. The van der Waals surface area contributed by atoms with E-state index in [4.69, 9.17) is 4.84 Å². The first-order chi connectivity index (χ1) is 11.9. The van der Waals surface area contributed by atoms with Crippen molar-refractivity contribution < 1.29 is 14.4 Å². The first kappa shape index (κ1) is 19.0. The van der Waals surface area contributed by atoms with Crippen molar-refractivity contribution in [3.05, 3.63) is 29.3 Å². The van der Waals surface area contributed by atoms with Gasteiger partial charge in [-0.1, -0.05) is 22.9 Å². The zero-order valence-electron chi connectivity index (χ0n) is 15.4. The Hall–Kier alpha value is -2.37. The summed E-state index contributed by atoms with van der Waals surface area (Å²) in [7, 11) is 0. The molecule has 0 aromatic heterocycles. The molecule has 0 bridgehead atoms. The molecule has 1 aliphatic rings. The van der Waals surface area contributed by atoms with E-state index in [1.54, 1.807) is 0 Å². The number of carbonyl (C=O) groups excluding carboxylic acids is 2. The average Bonchev–Trinajstić information content (AvgIpc) is 2.54. The van der Waals surface area contributed by atoms with Gasteiger partial charge in [-0.25, -0.2) is 0 Å². The second-order valence-corrected chi connectivity index (χ2v) is 6.75. The molecule has 2 atom stereocenters. The minimum atomic E-state index is -0.390. The molecule has 136 valence electrons. The van der Waals surface area contributed by atoms with E-state index in [9.17, 15) is 9.59 Å². The molecule has 1 saturated heterocycles. The summed E-state index contributed by atoms with van der Waals surface area (Å²) in [6.45, 7) is 7.87. The van der Waals surface area contributed by atoms with Crippen molar-refractivity contribution in [2.75, 3.05) is 11.9 Å². The van der Waals surface area contributed by atoms with E-state index in [0.717, 1.165) is 42.3 Å². The molecule has 1 aliphatic heterocycles. The van der Waals surface area contributed by atoms with Crippen molar-refractivity contribution in [2.24, 2.45) is 5.16 Å². The number of benzene rings is 1. The number of aryl methyl sites for hydroxylation is 2. The lowest BCUT2D eigenvalue weighted by Crippen LogP contribution is -2.48. The SMILES string of the molecule is Cc1ccc(NC(=O)/C=N\OCC(=O)N2[C@H](C)CCC[C@@H]2C)c(C)c1. The Labute approximate surface area is 149 Å². The third-order valence-electron chi connectivity index (χ3n) is 4.55. The summed E-state index contributed by atoms with van der Waals surface area (Å²) < 4.78 is 0. The lowest BCUT2D eigenvalue weighted by Gasteiger charge is -2.38. The summed E-state index contributed by atoms with van der Waals surface area (Å²) >= 11 is 0. The molecule has 2 rings (SSSR count). The first-order valence-corrected chi connectivity index (χ1v) is 8.73. The van der Waals surface area contributed by atoms with Gasteiger partial charge in [0, 0.05) is 17.8 Å². The van der Waals surface area contributed by atoms with Crippen molar-refractivity contribution in [3.8, 4) is 0 Å². The highest BCUT2D eigenvalue weighted by Crippen LogP contribution is 2.22.